The normalized spacial score (nSPS) is 10.5. The molecule has 0 aliphatic carbocycles. The minimum Gasteiger partial charge on any atom is -0.496 e. The first-order chi connectivity index (χ1) is 10.3. The summed E-state index contributed by atoms with van der Waals surface area (Å²) in [6.07, 6.45) is 3.75. The van der Waals surface area contributed by atoms with Crippen molar-refractivity contribution in [2.45, 2.75) is 6.54 Å². The zero-order chi connectivity index (χ0) is 14.7. The minimum atomic E-state index is 0.681. The van der Waals surface area contributed by atoms with Crippen molar-refractivity contribution < 1.29 is 4.74 Å². The number of anilines is 1. The number of nitrogens with zero attached hydrogens (tertiary/aromatic N) is 2. The van der Waals surface area contributed by atoms with Gasteiger partial charge in [0.15, 0.2) is 0 Å². The topological polar surface area (TPSA) is 53.1 Å². The Bertz CT molecular complexity index is 749. The Kier molecular flexibility index (Phi) is 3.60. The molecule has 2 N–H and O–H groups in total. The minimum absolute atomic E-state index is 0.681. The van der Waals surface area contributed by atoms with E-state index in [1.54, 1.807) is 13.3 Å². The molecule has 0 bridgehead atoms. The molecule has 0 radical (unpaired) electrons. The molecule has 0 aliphatic heterocycles. The SMILES string of the molecule is COc1ccccc1-c1nccn1Cc1ccccc1N. The molecule has 3 rings (SSSR count). The fraction of sp³-hybridized carbons (Fsp3) is 0.118. The Labute approximate surface area is 123 Å². The van der Waals surface area contributed by atoms with Crippen molar-refractivity contribution in [2.24, 2.45) is 0 Å². The number of aromatic nitrogens is 2. The molecular weight excluding hydrogens is 262 g/mol. The van der Waals surface area contributed by atoms with Gasteiger partial charge in [0.25, 0.3) is 0 Å². The van der Waals surface area contributed by atoms with Crippen molar-refractivity contribution >= 4 is 5.69 Å². The van der Waals surface area contributed by atoms with Gasteiger partial charge in [-0.3, -0.25) is 0 Å². The lowest BCUT2D eigenvalue weighted by Gasteiger charge is -2.12. The number of rotatable bonds is 4. The number of nitrogen functional groups attached to an aromatic ring is 1. The van der Waals surface area contributed by atoms with E-state index < -0.39 is 0 Å². The number of ether oxygens (including phenoxy) is 1. The smallest absolute Gasteiger partial charge is 0.143 e. The maximum atomic E-state index is 6.02. The molecule has 1 aromatic heterocycles. The number of hydrogen-bond donors (Lipinski definition) is 1. The van der Waals surface area contributed by atoms with Crippen molar-refractivity contribution in [1.29, 1.82) is 0 Å². The molecule has 0 atom stereocenters. The van der Waals surface area contributed by atoms with Gasteiger partial charge < -0.3 is 15.0 Å². The number of methoxy groups -OCH3 is 1. The molecule has 0 saturated heterocycles. The van der Waals surface area contributed by atoms with Gasteiger partial charge in [-0.15, -0.1) is 0 Å². The lowest BCUT2D eigenvalue weighted by atomic mass is 10.1. The zero-order valence-electron chi connectivity index (χ0n) is 11.9. The summed E-state index contributed by atoms with van der Waals surface area (Å²) < 4.78 is 7.49. The maximum Gasteiger partial charge on any atom is 0.143 e. The highest BCUT2D eigenvalue weighted by molar-refractivity contribution is 5.64. The van der Waals surface area contributed by atoms with Crippen LogP contribution in [0.4, 0.5) is 5.69 Å². The van der Waals surface area contributed by atoms with Crippen molar-refractivity contribution in [3.63, 3.8) is 0 Å². The molecule has 21 heavy (non-hydrogen) atoms. The highest BCUT2D eigenvalue weighted by Crippen LogP contribution is 2.29. The fourth-order valence-electron chi connectivity index (χ4n) is 2.37. The van der Waals surface area contributed by atoms with E-state index in [0.717, 1.165) is 28.4 Å². The van der Waals surface area contributed by atoms with Crippen LogP contribution in [0.15, 0.2) is 60.9 Å². The maximum absolute atomic E-state index is 6.02. The molecule has 3 aromatic rings. The summed E-state index contributed by atoms with van der Waals surface area (Å²) in [4.78, 5) is 4.46. The standard InChI is InChI=1S/C17H17N3O/c1-21-16-9-5-3-7-14(16)17-19-10-11-20(17)12-13-6-2-4-8-15(13)18/h2-11H,12,18H2,1H3. The van der Waals surface area contributed by atoms with E-state index in [4.69, 9.17) is 10.5 Å². The van der Waals surface area contributed by atoms with E-state index in [1.807, 2.05) is 54.7 Å². The van der Waals surface area contributed by atoms with E-state index in [-0.39, 0.29) is 0 Å². The first kappa shape index (κ1) is 13.2. The average Bonchev–Trinajstić information content (AvgIpc) is 2.97. The Morgan fingerprint density at radius 2 is 1.86 bits per heavy atom. The first-order valence-corrected chi connectivity index (χ1v) is 6.77. The van der Waals surface area contributed by atoms with Gasteiger partial charge in [-0.05, 0) is 23.8 Å². The molecule has 0 fully saturated rings. The summed E-state index contributed by atoms with van der Waals surface area (Å²) in [6, 6.07) is 15.7. The summed E-state index contributed by atoms with van der Waals surface area (Å²) in [5.74, 6) is 1.68. The van der Waals surface area contributed by atoms with Gasteiger partial charge >= 0.3 is 0 Å². The Morgan fingerprint density at radius 3 is 2.67 bits per heavy atom. The monoisotopic (exact) mass is 279 g/mol. The van der Waals surface area contributed by atoms with Crippen molar-refractivity contribution in [3.05, 3.63) is 66.5 Å². The van der Waals surface area contributed by atoms with Gasteiger partial charge in [-0.25, -0.2) is 4.98 Å². The van der Waals surface area contributed by atoms with E-state index in [9.17, 15) is 0 Å². The van der Waals surface area contributed by atoms with Gasteiger partial charge in [0.1, 0.15) is 11.6 Å². The molecule has 0 aliphatic rings. The van der Waals surface area contributed by atoms with Gasteiger partial charge in [0.2, 0.25) is 0 Å². The molecule has 0 amide bonds. The predicted molar refractivity (Wildman–Crippen MR) is 84.2 cm³/mol. The summed E-state index contributed by atoms with van der Waals surface area (Å²) >= 11 is 0. The quantitative estimate of drug-likeness (QED) is 0.746. The molecule has 0 spiro atoms. The van der Waals surface area contributed by atoms with Gasteiger partial charge in [-0.1, -0.05) is 30.3 Å². The highest BCUT2D eigenvalue weighted by atomic mass is 16.5. The van der Waals surface area contributed by atoms with Crippen LogP contribution in [0.1, 0.15) is 5.56 Å². The van der Waals surface area contributed by atoms with Crippen LogP contribution in [0, 0.1) is 0 Å². The predicted octanol–water partition coefficient (Wildman–Crippen LogP) is 3.19. The lowest BCUT2D eigenvalue weighted by molar-refractivity contribution is 0.416. The van der Waals surface area contributed by atoms with E-state index in [2.05, 4.69) is 9.55 Å². The second kappa shape index (κ2) is 5.71. The number of benzene rings is 2. The molecule has 2 aromatic carbocycles. The second-order valence-corrected chi connectivity index (χ2v) is 4.78. The Hall–Kier alpha value is -2.75. The molecule has 1 heterocycles. The van der Waals surface area contributed by atoms with Crippen molar-refractivity contribution in [1.82, 2.24) is 9.55 Å². The first-order valence-electron chi connectivity index (χ1n) is 6.77. The number of imidazole rings is 1. The van der Waals surface area contributed by atoms with Crippen LogP contribution in [0.5, 0.6) is 5.75 Å². The largest absolute Gasteiger partial charge is 0.496 e. The third kappa shape index (κ3) is 2.60. The summed E-state index contributed by atoms with van der Waals surface area (Å²) in [7, 11) is 1.67. The van der Waals surface area contributed by atoms with Gasteiger partial charge in [0.05, 0.1) is 19.2 Å². The molecule has 4 nitrogen and oxygen atoms in total. The third-order valence-corrected chi connectivity index (χ3v) is 3.46. The summed E-state index contributed by atoms with van der Waals surface area (Å²) in [5, 5.41) is 0. The summed E-state index contributed by atoms with van der Waals surface area (Å²) in [5.41, 5.74) is 8.86. The van der Waals surface area contributed by atoms with Crippen LogP contribution in [-0.2, 0) is 6.54 Å². The highest BCUT2D eigenvalue weighted by Gasteiger charge is 2.11. The van der Waals surface area contributed by atoms with Crippen LogP contribution in [0.2, 0.25) is 0 Å². The van der Waals surface area contributed by atoms with Crippen LogP contribution in [0.25, 0.3) is 11.4 Å². The number of para-hydroxylation sites is 2. The van der Waals surface area contributed by atoms with Crippen LogP contribution < -0.4 is 10.5 Å². The van der Waals surface area contributed by atoms with Crippen molar-refractivity contribution in [2.75, 3.05) is 12.8 Å². The average molecular weight is 279 g/mol. The molecule has 4 heteroatoms. The van der Waals surface area contributed by atoms with Crippen molar-refractivity contribution in [3.8, 4) is 17.1 Å². The van der Waals surface area contributed by atoms with E-state index in [1.165, 1.54) is 0 Å². The van der Waals surface area contributed by atoms with Crippen LogP contribution in [-0.4, -0.2) is 16.7 Å². The zero-order valence-corrected chi connectivity index (χ0v) is 11.9. The Balaban J connectivity index is 2.00. The summed E-state index contributed by atoms with van der Waals surface area (Å²) in [6.45, 7) is 0.681. The molecule has 106 valence electrons. The van der Waals surface area contributed by atoms with E-state index in [0.29, 0.717) is 6.54 Å². The lowest BCUT2D eigenvalue weighted by Crippen LogP contribution is -2.04. The molecule has 0 unspecified atom stereocenters. The van der Waals surface area contributed by atoms with Gasteiger partial charge in [-0.2, -0.15) is 0 Å². The van der Waals surface area contributed by atoms with Gasteiger partial charge in [0, 0.05) is 18.1 Å². The van der Waals surface area contributed by atoms with E-state index >= 15 is 0 Å². The Morgan fingerprint density at radius 1 is 1.10 bits per heavy atom. The fourth-order valence-corrected chi connectivity index (χ4v) is 2.37. The number of nitrogens with two attached hydrogens (primary N) is 1. The number of hydrogen-bond acceptors (Lipinski definition) is 3. The molecular formula is C17H17N3O. The molecule has 0 saturated carbocycles. The van der Waals surface area contributed by atoms with Crippen LogP contribution >= 0.6 is 0 Å². The van der Waals surface area contributed by atoms with Crippen LogP contribution in [0.3, 0.4) is 0 Å². The third-order valence-electron chi connectivity index (χ3n) is 3.46. The second-order valence-electron chi connectivity index (χ2n) is 4.78.